The fourth-order valence-corrected chi connectivity index (χ4v) is 4.85. The van der Waals surface area contributed by atoms with Crippen molar-refractivity contribution in [3.63, 3.8) is 0 Å². The van der Waals surface area contributed by atoms with Crippen molar-refractivity contribution in [2.45, 2.75) is 45.1 Å². The van der Waals surface area contributed by atoms with Gasteiger partial charge in [0, 0.05) is 22.5 Å². The molecule has 0 unspecified atom stereocenters. The Kier molecular flexibility index (Phi) is 8.10. The standard InChI is InChI=1S/C23H32BrN5O2/c24-20-7-4-6-19(16-20)22-26-21(31-27-22)17-29-14-8-18(9-15-29)23(30)25-10-5-13-28-11-2-1-3-12-28/h4,6-7,16,18H,1-3,5,8-15,17H2,(H,25,30). The second kappa shape index (κ2) is 11.2. The number of halogens is 1. The summed E-state index contributed by atoms with van der Waals surface area (Å²) < 4.78 is 6.44. The Balaban J connectivity index is 1.15. The molecule has 1 aromatic carbocycles. The third-order valence-electron chi connectivity index (χ3n) is 6.27. The number of carbonyl (C=O) groups excluding carboxylic acids is 1. The van der Waals surface area contributed by atoms with Gasteiger partial charge >= 0.3 is 0 Å². The molecule has 2 aromatic rings. The van der Waals surface area contributed by atoms with Crippen LogP contribution in [-0.2, 0) is 11.3 Å². The van der Waals surface area contributed by atoms with Crippen LogP contribution < -0.4 is 5.32 Å². The normalized spacial score (nSPS) is 18.9. The van der Waals surface area contributed by atoms with E-state index in [4.69, 9.17) is 4.52 Å². The lowest BCUT2D eigenvalue weighted by molar-refractivity contribution is -0.126. The highest BCUT2D eigenvalue weighted by Crippen LogP contribution is 2.22. The van der Waals surface area contributed by atoms with Crippen LogP contribution in [0.15, 0.2) is 33.3 Å². The molecule has 3 heterocycles. The molecule has 8 heteroatoms. The van der Waals surface area contributed by atoms with Gasteiger partial charge in [-0.3, -0.25) is 9.69 Å². The first kappa shape index (κ1) is 22.4. The molecule has 1 amide bonds. The zero-order chi connectivity index (χ0) is 21.5. The molecule has 2 saturated heterocycles. The van der Waals surface area contributed by atoms with Crippen LogP contribution in [0.25, 0.3) is 11.4 Å². The van der Waals surface area contributed by atoms with Gasteiger partial charge in [-0.15, -0.1) is 0 Å². The molecule has 0 saturated carbocycles. The van der Waals surface area contributed by atoms with E-state index in [0.717, 1.165) is 55.5 Å². The van der Waals surface area contributed by atoms with Crippen LogP contribution in [-0.4, -0.2) is 65.1 Å². The van der Waals surface area contributed by atoms with E-state index in [-0.39, 0.29) is 11.8 Å². The average molecular weight is 490 g/mol. The summed E-state index contributed by atoms with van der Waals surface area (Å²) in [7, 11) is 0. The molecular weight excluding hydrogens is 458 g/mol. The first-order valence-electron chi connectivity index (χ1n) is 11.5. The minimum atomic E-state index is 0.117. The Hall–Kier alpha value is -1.77. The third kappa shape index (κ3) is 6.60. The summed E-state index contributed by atoms with van der Waals surface area (Å²) in [5.41, 5.74) is 0.931. The van der Waals surface area contributed by atoms with Crippen molar-refractivity contribution in [3.8, 4) is 11.4 Å². The van der Waals surface area contributed by atoms with Gasteiger partial charge in [0.15, 0.2) is 0 Å². The summed E-state index contributed by atoms with van der Waals surface area (Å²) in [5.74, 6) is 1.56. The lowest BCUT2D eigenvalue weighted by Gasteiger charge is -2.30. The van der Waals surface area contributed by atoms with Gasteiger partial charge in [0.1, 0.15) is 0 Å². The monoisotopic (exact) mass is 489 g/mol. The number of amides is 1. The molecule has 0 atom stereocenters. The fourth-order valence-electron chi connectivity index (χ4n) is 4.45. The summed E-state index contributed by atoms with van der Waals surface area (Å²) in [6.45, 7) is 6.71. The van der Waals surface area contributed by atoms with Crippen molar-refractivity contribution in [1.29, 1.82) is 0 Å². The number of hydrogen-bond acceptors (Lipinski definition) is 6. The molecule has 1 aromatic heterocycles. The first-order chi connectivity index (χ1) is 15.2. The number of piperidine rings is 2. The topological polar surface area (TPSA) is 74.5 Å². The largest absolute Gasteiger partial charge is 0.356 e. The molecule has 2 aliphatic heterocycles. The minimum absolute atomic E-state index is 0.117. The highest BCUT2D eigenvalue weighted by molar-refractivity contribution is 9.10. The number of benzene rings is 1. The van der Waals surface area contributed by atoms with Gasteiger partial charge in [-0.25, -0.2) is 0 Å². The van der Waals surface area contributed by atoms with Crippen molar-refractivity contribution in [1.82, 2.24) is 25.3 Å². The number of likely N-dealkylation sites (tertiary alicyclic amines) is 2. The summed E-state index contributed by atoms with van der Waals surface area (Å²) >= 11 is 3.47. The van der Waals surface area contributed by atoms with E-state index in [2.05, 4.69) is 41.2 Å². The van der Waals surface area contributed by atoms with E-state index in [1.807, 2.05) is 24.3 Å². The van der Waals surface area contributed by atoms with Gasteiger partial charge < -0.3 is 14.7 Å². The highest BCUT2D eigenvalue weighted by Gasteiger charge is 2.26. The van der Waals surface area contributed by atoms with E-state index in [1.165, 1.54) is 32.4 Å². The molecule has 0 spiro atoms. The van der Waals surface area contributed by atoms with Gasteiger partial charge in [-0.2, -0.15) is 4.98 Å². The van der Waals surface area contributed by atoms with Gasteiger partial charge in [-0.05, 0) is 77.0 Å². The molecule has 0 bridgehead atoms. The Bertz CT molecular complexity index is 844. The Morgan fingerprint density at radius 1 is 1.13 bits per heavy atom. The highest BCUT2D eigenvalue weighted by atomic mass is 79.9. The van der Waals surface area contributed by atoms with Crippen molar-refractivity contribution in [2.75, 3.05) is 39.3 Å². The molecule has 4 rings (SSSR count). The molecular formula is C23H32BrN5O2. The summed E-state index contributed by atoms with van der Waals surface area (Å²) in [4.78, 5) is 21.9. The van der Waals surface area contributed by atoms with E-state index >= 15 is 0 Å². The molecule has 0 aliphatic carbocycles. The van der Waals surface area contributed by atoms with Crippen LogP contribution >= 0.6 is 15.9 Å². The van der Waals surface area contributed by atoms with Crippen LogP contribution in [0.3, 0.4) is 0 Å². The molecule has 2 aliphatic rings. The van der Waals surface area contributed by atoms with Crippen LogP contribution in [0.5, 0.6) is 0 Å². The fraction of sp³-hybridized carbons (Fsp3) is 0.609. The minimum Gasteiger partial charge on any atom is -0.356 e. The molecule has 168 valence electrons. The van der Waals surface area contributed by atoms with Crippen molar-refractivity contribution in [3.05, 3.63) is 34.6 Å². The number of rotatable bonds is 8. The number of carbonyl (C=O) groups is 1. The zero-order valence-electron chi connectivity index (χ0n) is 18.1. The number of nitrogens with zero attached hydrogens (tertiary/aromatic N) is 4. The lowest BCUT2D eigenvalue weighted by Crippen LogP contribution is -2.41. The van der Waals surface area contributed by atoms with Crippen LogP contribution in [0.1, 0.15) is 44.4 Å². The maximum absolute atomic E-state index is 12.5. The second-order valence-electron chi connectivity index (χ2n) is 8.62. The number of aromatic nitrogens is 2. The SMILES string of the molecule is O=C(NCCCN1CCCCC1)C1CCN(Cc2nc(-c3cccc(Br)c3)no2)CC1. The van der Waals surface area contributed by atoms with E-state index < -0.39 is 0 Å². The van der Waals surface area contributed by atoms with Gasteiger partial charge in [-0.1, -0.05) is 39.6 Å². The first-order valence-corrected chi connectivity index (χ1v) is 12.3. The van der Waals surface area contributed by atoms with E-state index in [9.17, 15) is 4.79 Å². The number of nitrogens with one attached hydrogen (secondary N) is 1. The van der Waals surface area contributed by atoms with Crippen molar-refractivity contribution < 1.29 is 9.32 Å². The maximum atomic E-state index is 12.5. The molecule has 1 N–H and O–H groups in total. The third-order valence-corrected chi connectivity index (χ3v) is 6.76. The molecule has 2 fully saturated rings. The Morgan fingerprint density at radius 2 is 1.94 bits per heavy atom. The van der Waals surface area contributed by atoms with Gasteiger partial charge in [0.05, 0.1) is 6.54 Å². The molecule has 7 nitrogen and oxygen atoms in total. The molecule has 0 radical (unpaired) electrons. The van der Waals surface area contributed by atoms with Crippen LogP contribution in [0.4, 0.5) is 0 Å². The van der Waals surface area contributed by atoms with E-state index in [1.54, 1.807) is 0 Å². The quantitative estimate of drug-likeness (QED) is 0.569. The van der Waals surface area contributed by atoms with Crippen molar-refractivity contribution >= 4 is 21.8 Å². The molecule has 31 heavy (non-hydrogen) atoms. The Morgan fingerprint density at radius 3 is 2.71 bits per heavy atom. The average Bonchev–Trinajstić information content (AvgIpc) is 3.26. The summed E-state index contributed by atoms with van der Waals surface area (Å²) in [6.07, 6.45) is 6.81. The smallest absolute Gasteiger partial charge is 0.241 e. The number of hydrogen-bond donors (Lipinski definition) is 1. The van der Waals surface area contributed by atoms with Crippen LogP contribution in [0, 0.1) is 5.92 Å². The zero-order valence-corrected chi connectivity index (χ0v) is 19.6. The summed E-state index contributed by atoms with van der Waals surface area (Å²) in [5, 5.41) is 7.26. The Labute approximate surface area is 192 Å². The van der Waals surface area contributed by atoms with Gasteiger partial charge in [0.25, 0.3) is 0 Å². The lowest BCUT2D eigenvalue weighted by atomic mass is 9.96. The van der Waals surface area contributed by atoms with Crippen molar-refractivity contribution in [2.24, 2.45) is 5.92 Å². The second-order valence-corrected chi connectivity index (χ2v) is 9.54. The maximum Gasteiger partial charge on any atom is 0.241 e. The van der Waals surface area contributed by atoms with E-state index in [0.29, 0.717) is 18.3 Å². The predicted octanol–water partition coefficient (Wildman–Crippen LogP) is 3.70. The summed E-state index contributed by atoms with van der Waals surface area (Å²) in [6, 6.07) is 7.87. The van der Waals surface area contributed by atoms with Gasteiger partial charge in [0.2, 0.25) is 17.6 Å². The van der Waals surface area contributed by atoms with Crippen LogP contribution in [0.2, 0.25) is 0 Å². The predicted molar refractivity (Wildman–Crippen MR) is 123 cm³/mol.